The number of para-hydroxylation sites is 1. The van der Waals surface area contributed by atoms with Gasteiger partial charge in [0, 0.05) is 16.9 Å². The molecule has 2 bridgehead atoms. The molecule has 0 aliphatic carbocycles. The maximum atomic E-state index is 13.9. The topological polar surface area (TPSA) is 72.1 Å². The highest BCUT2D eigenvalue weighted by molar-refractivity contribution is 7.80. The third-order valence-corrected chi connectivity index (χ3v) is 7.02. The first-order valence-corrected chi connectivity index (χ1v) is 12.3. The molecule has 5 rings (SSSR count). The fourth-order valence-corrected chi connectivity index (χ4v) is 5.43. The van der Waals surface area contributed by atoms with E-state index < -0.39 is 17.7 Å². The summed E-state index contributed by atoms with van der Waals surface area (Å²) in [5.41, 5.74) is 2.33. The lowest BCUT2D eigenvalue weighted by atomic mass is 9.78. The second kappa shape index (κ2) is 9.35. The predicted octanol–water partition coefficient (Wildman–Crippen LogP) is 5.20. The Hall–Kier alpha value is -3.78. The second-order valence-corrected chi connectivity index (χ2v) is 9.44. The zero-order chi connectivity index (χ0) is 25.4. The SMILES string of the molecule is CCOc1cccc2c1O[C@@]1(C)[C@H](C(=O)Nc3ccc(OC)cc3)[C@@H]2NC(=S)N1c1ccc(C)cc1. The van der Waals surface area contributed by atoms with Gasteiger partial charge in [0.1, 0.15) is 11.7 Å². The van der Waals surface area contributed by atoms with E-state index in [1.54, 1.807) is 7.11 Å². The van der Waals surface area contributed by atoms with Gasteiger partial charge in [-0.25, -0.2) is 0 Å². The number of benzene rings is 3. The normalized spacial score (nSPS) is 22.1. The van der Waals surface area contributed by atoms with Gasteiger partial charge in [-0.1, -0.05) is 29.8 Å². The molecule has 3 aromatic carbocycles. The van der Waals surface area contributed by atoms with E-state index in [0.717, 1.165) is 16.8 Å². The first-order chi connectivity index (χ1) is 17.4. The van der Waals surface area contributed by atoms with E-state index in [0.29, 0.717) is 34.7 Å². The highest BCUT2D eigenvalue weighted by Gasteiger charge is 2.59. The Kier molecular flexibility index (Phi) is 6.22. The number of aryl methyl sites for hydroxylation is 1. The van der Waals surface area contributed by atoms with Crippen molar-refractivity contribution < 1.29 is 19.0 Å². The molecule has 2 heterocycles. The molecule has 3 aromatic rings. The van der Waals surface area contributed by atoms with Crippen molar-refractivity contribution in [1.82, 2.24) is 5.32 Å². The van der Waals surface area contributed by atoms with Crippen molar-refractivity contribution in [2.75, 3.05) is 23.9 Å². The molecule has 0 unspecified atom stereocenters. The lowest BCUT2D eigenvalue weighted by Gasteiger charge is -2.56. The molecule has 1 saturated heterocycles. The maximum absolute atomic E-state index is 13.9. The van der Waals surface area contributed by atoms with E-state index >= 15 is 0 Å². The zero-order valence-electron chi connectivity index (χ0n) is 20.7. The van der Waals surface area contributed by atoms with Crippen LogP contribution in [0.5, 0.6) is 17.2 Å². The molecule has 3 atom stereocenters. The van der Waals surface area contributed by atoms with Crippen molar-refractivity contribution in [3.05, 3.63) is 77.9 Å². The van der Waals surface area contributed by atoms with Crippen LogP contribution < -0.4 is 29.7 Å². The smallest absolute Gasteiger partial charge is 0.236 e. The number of thiocarbonyl (C=S) groups is 1. The van der Waals surface area contributed by atoms with Gasteiger partial charge in [0.15, 0.2) is 22.3 Å². The number of hydrogen-bond acceptors (Lipinski definition) is 5. The van der Waals surface area contributed by atoms with Crippen LogP contribution in [0.25, 0.3) is 0 Å². The summed E-state index contributed by atoms with van der Waals surface area (Å²) in [6, 6.07) is 20.6. The summed E-state index contributed by atoms with van der Waals surface area (Å²) >= 11 is 5.84. The predicted molar refractivity (Wildman–Crippen MR) is 144 cm³/mol. The number of nitrogens with zero attached hydrogens (tertiary/aromatic N) is 1. The third-order valence-electron chi connectivity index (χ3n) is 6.72. The molecule has 0 saturated carbocycles. The van der Waals surface area contributed by atoms with E-state index in [2.05, 4.69) is 10.6 Å². The number of anilines is 2. The second-order valence-electron chi connectivity index (χ2n) is 9.06. The van der Waals surface area contributed by atoms with Crippen LogP contribution in [0.2, 0.25) is 0 Å². The Balaban J connectivity index is 1.61. The molecule has 2 aliphatic heterocycles. The van der Waals surface area contributed by atoms with E-state index in [9.17, 15) is 4.79 Å². The molecule has 36 heavy (non-hydrogen) atoms. The van der Waals surface area contributed by atoms with Gasteiger partial charge in [-0.05, 0) is 75.5 Å². The van der Waals surface area contributed by atoms with Crippen LogP contribution in [0.15, 0.2) is 66.7 Å². The average Bonchev–Trinajstić information content (AvgIpc) is 2.86. The largest absolute Gasteiger partial charge is 0.497 e. The van der Waals surface area contributed by atoms with Crippen LogP contribution in [-0.4, -0.2) is 30.5 Å². The summed E-state index contributed by atoms with van der Waals surface area (Å²) < 4.78 is 17.9. The fourth-order valence-electron chi connectivity index (χ4n) is 5.02. The van der Waals surface area contributed by atoms with Crippen molar-refractivity contribution in [2.45, 2.75) is 32.5 Å². The number of hydrogen-bond donors (Lipinski definition) is 2. The monoisotopic (exact) mass is 503 g/mol. The van der Waals surface area contributed by atoms with Gasteiger partial charge < -0.3 is 24.8 Å². The standard InChI is InChI=1S/C28H29N3O4S/c1-5-34-22-8-6-7-21-24-23(26(32)29-18-11-15-20(33-4)16-12-18)28(3,35-25(21)22)31(27(36)30-24)19-13-9-17(2)10-14-19/h6-16,23-24H,5H2,1-4H3,(H,29,32)(H,30,36)/t23-,24+,28-/m0/s1. The number of carbonyl (C=O) groups is 1. The third kappa shape index (κ3) is 4.01. The van der Waals surface area contributed by atoms with Gasteiger partial charge in [0.25, 0.3) is 0 Å². The Morgan fingerprint density at radius 2 is 1.86 bits per heavy atom. The molecular weight excluding hydrogens is 474 g/mol. The Labute approximate surface area is 216 Å². The van der Waals surface area contributed by atoms with Crippen LogP contribution in [-0.2, 0) is 4.79 Å². The van der Waals surface area contributed by atoms with Gasteiger partial charge in [-0.3, -0.25) is 9.69 Å². The molecule has 1 fully saturated rings. The molecule has 186 valence electrons. The minimum Gasteiger partial charge on any atom is -0.497 e. The lowest BCUT2D eigenvalue weighted by Crippen LogP contribution is -2.72. The van der Waals surface area contributed by atoms with Crippen molar-refractivity contribution in [1.29, 1.82) is 0 Å². The molecule has 7 nitrogen and oxygen atoms in total. The first-order valence-electron chi connectivity index (χ1n) is 11.9. The number of fused-ring (bicyclic) bond motifs is 4. The van der Waals surface area contributed by atoms with Gasteiger partial charge in [0.2, 0.25) is 5.91 Å². The fraction of sp³-hybridized carbons (Fsp3) is 0.286. The van der Waals surface area contributed by atoms with Crippen LogP contribution >= 0.6 is 12.2 Å². The molecule has 2 aliphatic rings. The summed E-state index contributed by atoms with van der Waals surface area (Å²) in [6.45, 7) is 6.37. The zero-order valence-corrected chi connectivity index (χ0v) is 21.5. The van der Waals surface area contributed by atoms with E-state index in [1.165, 1.54) is 0 Å². The van der Waals surface area contributed by atoms with Crippen LogP contribution in [0.4, 0.5) is 11.4 Å². The Morgan fingerprint density at radius 3 is 2.53 bits per heavy atom. The highest BCUT2D eigenvalue weighted by atomic mass is 32.1. The van der Waals surface area contributed by atoms with Crippen LogP contribution in [0.3, 0.4) is 0 Å². The number of carbonyl (C=O) groups excluding carboxylic acids is 1. The quantitative estimate of drug-likeness (QED) is 0.448. The van der Waals surface area contributed by atoms with Crippen molar-refractivity contribution in [3.63, 3.8) is 0 Å². The molecule has 1 amide bonds. The molecule has 0 aromatic heterocycles. The highest BCUT2D eigenvalue weighted by Crippen LogP contribution is 2.52. The van der Waals surface area contributed by atoms with Crippen molar-refractivity contribution in [2.24, 2.45) is 5.92 Å². The van der Waals surface area contributed by atoms with Crippen LogP contribution in [0, 0.1) is 12.8 Å². The van der Waals surface area contributed by atoms with Crippen molar-refractivity contribution in [3.8, 4) is 17.2 Å². The maximum Gasteiger partial charge on any atom is 0.236 e. The van der Waals surface area contributed by atoms with E-state index in [1.807, 2.05) is 92.4 Å². The Morgan fingerprint density at radius 1 is 1.14 bits per heavy atom. The summed E-state index contributed by atoms with van der Waals surface area (Å²) in [5, 5.41) is 7.00. The van der Waals surface area contributed by atoms with Gasteiger partial charge >= 0.3 is 0 Å². The number of amides is 1. The minimum absolute atomic E-state index is 0.188. The van der Waals surface area contributed by atoms with E-state index in [4.69, 9.17) is 26.4 Å². The van der Waals surface area contributed by atoms with E-state index in [-0.39, 0.29) is 5.91 Å². The summed E-state index contributed by atoms with van der Waals surface area (Å²) in [4.78, 5) is 15.8. The summed E-state index contributed by atoms with van der Waals surface area (Å²) in [6.07, 6.45) is 0. The molecule has 0 spiro atoms. The van der Waals surface area contributed by atoms with Gasteiger partial charge in [-0.15, -0.1) is 0 Å². The number of ether oxygens (including phenoxy) is 3. The number of rotatable bonds is 6. The summed E-state index contributed by atoms with van der Waals surface area (Å²) in [7, 11) is 1.61. The summed E-state index contributed by atoms with van der Waals surface area (Å²) in [5.74, 6) is 1.14. The minimum atomic E-state index is -1.13. The molecule has 2 N–H and O–H groups in total. The molecule has 0 radical (unpaired) electrons. The average molecular weight is 504 g/mol. The first kappa shape index (κ1) is 23.9. The van der Waals surface area contributed by atoms with Crippen LogP contribution in [0.1, 0.15) is 31.0 Å². The van der Waals surface area contributed by atoms with Gasteiger partial charge in [-0.2, -0.15) is 0 Å². The van der Waals surface area contributed by atoms with Crippen molar-refractivity contribution >= 4 is 34.6 Å². The molecular formula is C28H29N3O4S. The number of methoxy groups -OCH3 is 1. The molecule has 8 heteroatoms. The number of nitrogens with one attached hydrogen (secondary N) is 2. The Bertz CT molecular complexity index is 1300. The van der Waals surface area contributed by atoms with Gasteiger partial charge in [0.05, 0.1) is 19.8 Å². The lowest BCUT2D eigenvalue weighted by molar-refractivity contribution is -0.130.